The SMILES string of the molecule is COc1ccc(C(NC(=O)N2CCN(CCCNC(=O)OC(C)(C)C)C(=O)C2=O)C(=O)NC(Cc2c(C(C)(C)C)ccc(C(=O)O)c2OC)B2O[C@@H]3C[C@@H]4C[C@@H](C4(C)C)[C@]3(C)O2)c(Cl)c1OC. The number of halogens is 1. The van der Waals surface area contributed by atoms with E-state index in [1.54, 1.807) is 26.8 Å². The number of carbonyl (C=O) groups is 6. The predicted octanol–water partition coefficient (Wildman–Crippen LogP) is 5.69. The molecule has 18 nitrogen and oxygen atoms in total. The second-order valence-corrected chi connectivity index (χ2v) is 20.9. The molecule has 2 unspecified atom stereocenters. The monoisotopic (exact) mass is 953 g/mol. The summed E-state index contributed by atoms with van der Waals surface area (Å²) in [7, 11) is 3.11. The van der Waals surface area contributed by atoms with Gasteiger partial charge in [-0.1, -0.05) is 58.4 Å². The number of urea groups is 1. The summed E-state index contributed by atoms with van der Waals surface area (Å²) in [6.45, 7) is 17.7. The summed E-state index contributed by atoms with van der Waals surface area (Å²) in [6, 6.07) is 3.54. The maximum Gasteiger partial charge on any atom is 0.482 e. The van der Waals surface area contributed by atoms with Crippen molar-refractivity contribution in [1.29, 1.82) is 0 Å². The molecule has 4 N–H and O–H groups in total. The maximum absolute atomic E-state index is 15.2. The smallest absolute Gasteiger partial charge is 0.482 e. The van der Waals surface area contributed by atoms with Gasteiger partial charge in [-0.05, 0) is 93.7 Å². The first kappa shape index (κ1) is 51.1. The molecule has 366 valence electrons. The van der Waals surface area contributed by atoms with Crippen LogP contribution < -0.4 is 30.2 Å². The van der Waals surface area contributed by atoms with Gasteiger partial charge in [-0.3, -0.25) is 19.3 Å². The number of piperazine rings is 1. The largest absolute Gasteiger partial charge is 0.496 e. The number of rotatable bonds is 15. The molecule has 5 fully saturated rings. The highest BCUT2D eigenvalue weighted by atomic mass is 35.5. The molecule has 2 aliphatic heterocycles. The second-order valence-electron chi connectivity index (χ2n) is 20.5. The van der Waals surface area contributed by atoms with Crippen molar-refractivity contribution in [3.05, 3.63) is 51.5 Å². The highest BCUT2D eigenvalue weighted by Crippen LogP contribution is 2.66. The van der Waals surface area contributed by atoms with Gasteiger partial charge in [-0.25, -0.2) is 14.4 Å². The number of carbonyl (C=O) groups excluding carboxylic acids is 5. The van der Waals surface area contributed by atoms with Crippen LogP contribution in [0.2, 0.25) is 5.02 Å². The van der Waals surface area contributed by atoms with Gasteiger partial charge in [0.25, 0.3) is 0 Å². The lowest BCUT2D eigenvalue weighted by Gasteiger charge is -2.64. The Labute approximate surface area is 397 Å². The van der Waals surface area contributed by atoms with E-state index in [2.05, 4.69) is 29.8 Å². The number of methoxy groups -OCH3 is 3. The van der Waals surface area contributed by atoms with Crippen LogP contribution in [0.1, 0.15) is 115 Å². The quantitative estimate of drug-likeness (QED) is 0.0959. The van der Waals surface area contributed by atoms with Crippen molar-refractivity contribution in [3.63, 3.8) is 0 Å². The summed E-state index contributed by atoms with van der Waals surface area (Å²) in [5.41, 5.74) is -0.687. The molecule has 2 heterocycles. The molecule has 3 saturated carbocycles. The number of alkyl carbamates (subject to hydrolysis) is 1. The van der Waals surface area contributed by atoms with E-state index < -0.39 is 71.5 Å². The summed E-state index contributed by atoms with van der Waals surface area (Å²) in [5.74, 6) is -4.11. The van der Waals surface area contributed by atoms with Crippen molar-refractivity contribution in [2.75, 3.05) is 47.5 Å². The number of benzene rings is 2. The lowest BCUT2D eigenvalue weighted by molar-refractivity contribution is -0.199. The van der Waals surface area contributed by atoms with Crippen LogP contribution in [0, 0.1) is 17.3 Å². The number of imide groups is 1. The van der Waals surface area contributed by atoms with E-state index in [1.807, 2.05) is 27.7 Å². The lowest BCUT2D eigenvalue weighted by Crippen LogP contribution is -2.65. The zero-order valence-corrected chi connectivity index (χ0v) is 41.3. The Bertz CT molecular complexity index is 2280. The average Bonchev–Trinajstić information content (AvgIpc) is 3.61. The third kappa shape index (κ3) is 10.3. The number of aromatic carboxylic acids is 1. The zero-order valence-electron chi connectivity index (χ0n) is 40.5. The summed E-state index contributed by atoms with van der Waals surface area (Å²) < 4.78 is 35.8. The molecule has 0 aromatic heterocycles. The van der Waals surface area contributed by atoms with Gasteiger partial charge < -0.3 is 54.2 Å². The first-order valence-corrected chi connectivity index (χ1v) is 23.0. The molecule has 3 aliphatic carbocycles. The van der Waals surface area contributed by atoms with Crippen LogP contribution in [0.3, 0.4) is 0 Å². The molecular formula is C47H65BClN5O13. The molecule has 2 aromatic rings. The lowest BCUT2D eigenvalue weighted by atomic mass is 9.43. The first-order valence-electron chi connectivity index (χ1n) is 22.6. The number of hydrogen-bond donors (Lipinski definition) is 4. The Morgan fingerprint density at radius 3 is 2.21 bits per heavy atom. The summed E-state index contributed by atoms with van der Waals surface area (Å²) in [4.78, 5) is 83.0. The summed E-state index contributed by atoms with van der Waals surface area (Å²) >= 11 is 6.95. The maximum atomic E-state index is 15.2. The van der Waals surface area contributed by atoms with Gasteiger partial charge in [0, 0.05) is 37.3 Å². The van der Waals surface area contributed by atoms with Crippen LogP contribution in [-0.2, 0) is 40.3 Å². The van der Waals surface area contributed by atoms with Crippen LogP contribution in [0.15, 0.2) is 24.3 Å². The minimum absolute atomic E-state index is 0.0104. The molecular weight excluding hydrogens is 889 g/mol. The van der Waals surface area contributed by atoms with E-state index in [4.69, 9.17) is 39.9 Å². The molecule has 5 aliphatic rings. The second kappa shape index (κ2) is 19.4. The topological polar surface area (TPSA) is 221 Å². The highest BCUT2D eigenvalue weighted by molar-refractivity contribution is 6.48. The molecule has 2 saturated heterocycles. The van der Waals surface area contributed by atoms with Gasteiger partial charge in [0.2, 0.25) is 5.91 Å². The molecule has 6 amide bonds. The highest BCUT2D eigenvalue weighted by Gasteiger charge is 2.68. The third-order valence-corrected chi connectivity index (χ3v) is 14.1. The van der Waals surface area contributed by atoms with Crippen LogP contribution in [0.4, 0.5) is 9.59 Å². The molecule has 20 heteroatoms. The predicted molar refractivity (Wildman–Crippen MR) is 247 cm³/mol. The summed E-state index contributed by atoms with van der Waals surface area (Å²) in [5, 5.41) is 18.6. The number of amides is 6. The molecule has 2 bridgehead atoms. The minimum Gasteiger partial charge on any atom is -0.496 e. The number of nitrogens with zero attached hydrogens (tertiary/aromatic N) is 2. The van der Waals surface area contributed by atoms with Crippen molar-refractivity contribution in [2.24, 2.45) is 17.3 Å². The van der Waals surface area contributed by atoms with Gasteiger partial charge >= 0.3 is 37.0 Å². The molecule has 67 heavy (non-hydrogen) atoms. The van der Waals surface area contributed by atoms with Gasteiger partial charge in [-0.15, -0.1) is 0 Å². The standard InChI is InChI=1S/C47H65BClN5O13/c1-44(2,3)29-16-14-27(41(58)59)36(63-11)28(29)24-33(48-66-32-23-25-22-31(46(25,7)8)47(32,9)67-48)51-38(55)35(26-15-17-30(62-10)37(64-12)34(26)49)52-42(60)54-21-20-53(39(56)40(54)57)19-13-18-50-43(61)65-45(4,5)6/h14-17,25,31-33,35H,13,18-24H2,1-12H3,(H,50,61)(H,51,55)(H,52,60)(H,58,59)/t25-,31-,32+,33?,35?,47-/m0/s1. The van der Waals surface area contributed by atoms with E-state index in [0.717, 1.165) is 23.3 Å². The van der Waals surface area contributed by atoms with Gasteiger partial charge in [0.1, 0.15) is 23.0 Å². The van der Waals surface area contributed by atoms with E-state index >= 15 is 4.79 Å². The number of carboxylic acid groups (broad SMARTS) is 1. The number of ether oxygens (including phenoxy) is 4. The van der Waals surface area contributed by atoms with Crippen molar-refractivity contribution in [1.82, 2.24) is 25.8 Å². The Morgan fingerprint density at radius 1 is 0.925 bits per heavy atom. The molecule has 6 atom stereocenters. The van der Waals surface area contributed by atoms with Crippen LogP contribution in [0.5, 0.6) is 17.2 Å². The Hall–Kier alpha value is -5.27. The molecule has 2 aromatic carbocycles. The number of nitrogens with one attached hydrogen (secondary N) is 3. The average molecular weight is 954 g/mol. The van der Waals surface area contributed by atoms with Gasteiger partial charge in [0.05, 0.1) is 44.0 Å². The fourth-order valence-electron chi connectivity index (χ4n) is 10.2. The van der Waals surface area contributed by atoms with Crippen LogP contribution in [-0.4, -0.2) is 129 Å². The van der Waals surface area contributed by atoms with E-state index in [1.165, 1.54) is 44.4 Å². The van der Waals surface area contributed by atoms with E-state index in [9.17, 15) is 29.1 Å². The Morgan fingerprint density at radius 2 is 1.61 bits per heavy atom. The Kier molecular flexibility index (Phi) is 14.8. The van der Waals surface area contributed by atoms with Crippen molar-refractivity contribution in [3.8, 4) is 17.2 Å². The van der Waals surface area contributed by atoms with Crippen LogP contribution >= 0.6 is 11.6 Å². The van der Waals surface area contributed by atoms with E-state index in [-0.39, 0.29) is 83.4 Å². The molecule has 0 spiro atoms. The summed E-state index contributed by atoms with van der Waals surface area (Å²) in [6.07, 6.45) is 1.06. The normalized spacial score (nSPS) is 23.1. The fraction of sp³-hybridized carbons (Fsp3) is 0.617. The molecule has 7 rings (SSSR count). The first-order chi connectivity index (χ1) is 31.3. The molecule has 0 radical (unpaired) electrons. The van der Waals surface area contributed by atoms with E-state index in [0.29, 0.717) is 17.9 Å². The number of hydrogen-bond acceptors (Lipinski definition) is 12. The van der Waals surface area contributed by atoms with Gasteiger partial charge in [-0.2, -0.15) is 0 Å². The van der Waals surface area contributed by atoms with Crippen LogP contribution in [0.25, 0.3) is 0 Å². The number of carboxylic acids is 1. The Balaban J connectivity index is 1.33. The van der Waals surface area contributed by atoms with Crippen molar-refractivity contribution < 1.29 is 62.1 Å². The third-order valence-electron chi connectivity index (χ3n) is 13.7. The van der Waals surface area contributed by atoms with Crippen molar-refractivity contribution >= 4 is 54.5 Å². The minimum atomic E-state index is -1.62. The van der Waals surface area contributed by atoms with Gasteiger partial charge in [0.15, 0.2) is 11.5 Å². The van der Waals surface area contributed by atoms with Crippen molar-refractivity contribution in [2.45, 2.75) is 123 Å². The zero-order chi connectivity index (χ0) is 49.6. The fourth-order valence-corrected chi connectivity index (χ4v) is 10.5.